The molecule has 1 saturated carbocycles. The third-order valence-electron chi connectivity index (χ3n) is 7.00. The van der Waals surface area contributed by atoms with Gasteiger partial charge in [-0.05, 0) is 38.3 Å². The lowest BCUT2D eigenvalue weighted by molar-refractivity contribution is -0.138. The van der Waals surface area contributed by atoms with Crippen molar-refractivity contribution in [1.29, 1.82) is 0 Å². The van der Waals surface area contributed by atoms with Gasteiger partial charge in [-0.3, -0.25) is 14.5 Å². The number of halogens is 5. The second-order valence-corrected chi connectivity index (χ2v) is 9.98. The van der Waals surface area contributed by atoms with Gasteiger partial charge in [0.25, 0.3) is 11.8 Å². The largest absolute Gasteiger partial charge is 0.481 e. The number of aromatic nitrogens is 3. The first kappa shape index (κ1) is 27.9. The molecule has 4 rings (SSSR count). The quantitative estimate of drug-likeness (QED) is 0.442. The normalized spacial score (nSPS) is 19.4. The van der Waals surface area contributed by atoms with Crippen LogP contribution in [0.5, 0.6) is 0 Å². The van der Waals surface area contributed by atoms with E-state index < -0.39 is 48.5 Å². The molecule has 2 aliphatic rings. The summed E-state index contributed by atoms with van der Waals surface area (Å²) in [4.78, 5) is 30.2. The fourth-order valence-corrected chi connectivity index (χ4v) is 5.19. The molecular formula is C25H30F5N5O3. The summed E-state index contributed by atoms with van der Waals surface area (Å²) in [6.07, 6.45) is -1.82. The van der Waals surface area contributed by atoms with Crippen LogP contribution in [0.15, 0.2) is 24.3 Å². The number of carboxylic acids is 1. The van der Waals surface area contributed by atoms with Gasteiger partial charge in [-0.25, -0.2) is 18.4 Å². The van der Waals surface area contributed by atoms with Crippen LogP contribution in [0.2, 0.25) is 0 Å². The number of amides is 1. The minimum atomic E-state index is -4.65. The fourth-order valence-electron chi connectivity index (χ4n) is 5.19. The van der Waals surface area contributed by atoms with E-state index in [2.05, 4.69) is 15.4 Å². The molecule has 1 aromatic carbocycles. The predicted octanol–water partition coefficient (Wildman–Crippen LogP) is 4.77. The second kappa shape index (κ2) is 11.3. The maximum Gasteiger partial charge on any atom is 0.417 e. The Morgan fingerprint density at radius 2 is 1.87 bits per heavy atom. The number of alkyl halides is 5. The van der Waals surface area contributed by atoms with Crippen LogP contribution in [0, 0.1) is 0 Å². The van der Waals surface area contributed by atoms with Gasteiger partial charge >= 0.3 is 12.1 Å². The van der Waals surface area contributed by atoms with E-state index in [0.29, 0.717) is 25.8 Å². The zero-order chi connectivity index (χ0) is 27.5. The van der Waals surface area contributed by atoms with E-state index >= 15 is 0 Å². The molecule has 0 spiro atoms. The Labute approximate surface area is 216 Å². The van der Waals surface area contributed by atoms with Crippen molar-refractivity contribution in [1.82, 2.24) is 25.0 Å². The molecule has 8 nitrogen and oxygen atoms in total. The average Bonchev–Trinajstić information content (AvgIpc) is 3.51. The van der Waals surface area contributed by atoms with Gasteiger partial charge in [-0.15, -0.1) is 5.10 Å². The van der Waals surface area contributed by atoms with Crippen molar-refractivity contribution in [3.8, 4) is 11.4 Å². The highest BCUT2D eigenvalue weighted by atomic mass is 19.4. The van der Waals surface area contributed by atoms with Gasteiger partial charge in [-0.2, -0.15) is 13.2 Å². The van der Waals surface area contributed by atoms with Crippen molar-refractivity contribution in [3.63, 3.8) is 0 Å². The highest BCUT2D eigenvalue weighted by Gasteiger charge is 2.37. The minimum Gasteiger partial charge on any atom is -0.481 e. The molecule has 2 fully saturated rings. The first-order valence-corrected chi connectivity index (χ1v) is 12.7. The first-order valence-electron chi connectivity index (χ1n) is 12.7. The van der Waals surface area contributed by atoms with Crippen molar-refractivity contribution in [2.45, 2.75) is 75.5 Å². The van der Waals surface area contributed by atoms with Crippen LogP contribution in [-0.4, -0.2) is 68.2 Å². The maximum atomic E-state index is 13.7. The number of hydrogen-bond acceptors (Lipinski definition) is 5. The number of likely N-dealkylation sites (tertiary alicyclic amines) is 1. The predicted molar refractivity (Wildman–Crippen MR) is 127 cm³/mol. The number of piperidine rings is 1. The molecule has 1 saturated heterocycles. The van der Waals surface area contributed by atoms with Crippen molar-refractivity contribution in [2.24, 2.45) is 0 Å². The molecule has 38 heavy (non-hydrogen) atoms. The molecule has 2 N–H and O–H groups in total. The highest BCUT2D eigenvalue weighted by Crippen LogP contribution is 2.39. The van der Waals surface area contributed by atoms with Gasteiger partial charge in [0.1, 0.15) is 0 Å². The summed E-state index contributed by atoms with van der Waals surface area (Å²) < 4.78 is 70.1. The fraction of sp³-hybridized carbons (Fsp3) is 0.600. The van der Waals surface area contributed by atoms with Crippen LogP contribution in [0.1, 0.15) is 73.6 Å². The molecule has 208 valence electrons. The van der Waals surface area contributed by atoms with E-state index in [1.807, 2.05) is 0 Å². The molecule has 1 atom stereocenters. The number of nitrogens with one attached hydrogen (secondary N) is 1. The van der Waals surface area contributed by atoms with Gasteiger partial charge in [0, 0.05) is 24.6 Å². The number of carbonyl (C=O) groups excluding carboxylic acids is 1. The first-order chi connectivity index (χ1) is 17.9. The second-order valence-electron chi connectivity index (χ2n) is 9.98. The van der Waals surface area contributed by atoms with Crippen LogP contribution < -0.4 is 5.32 Å². The van der Waals surface area contributed by atoms with E-state index in [-0.39, 0.29) is 42.6 Å². The number of aliphatic carboxylic acids is 1. The van der Waals surface area contributed by atoms with Crippen LogP contribution >= 0.6 is 0 Å². The van der Waals surface area contributed by atoms with Gasteiger partial charge in [0.2, 0.25) is 5.82 Å². The lowest BCUT2D eigenvalue weighted by atomic mass is 10.1. The number of hydrogen-bond donors (Lipinski definition) is 2. The highest BCUT2D eigenvalue weighted by molar-refractivity contribution is 5.91. The van der Waals surface area contributed by atoms with Crippen molar-refractivity contribution < 1.29 is 36.6 Å². The smallest absolute Gasteiger partial charge is 0.417 e. The van der Waals surface area contributed by atoms with Gasteiger partial charge in [-0.1, -0.05) is 31.0 Å². The number of rotatable bonds is 9. The van der Waals surface area contributed by atoms with Crippen molar-refractivity contribution in [2.75, 3.05) is 19.6 Å². The number of benzene rings is 1. The SMILES string of the molecule is O=C(O)C[C@H](CCN1CCCC(F)(F)C1)NC(=O)c1nc(-c2ccccc2C(F)(F)F)n(C2CCCC2)n1. The lowest BCUT2D eigenvalue weighted by Crippen LogP contribution is -2.45. The average molecular weight is 544 g/mol. The molecule has 0 bridgehead atoms. The maximum absolute atomic E-state index is 13.7. The molecule has 1 aliphatic carbocycles. The summed E-state index contributed by atoms with van der Waals surface area (Å²) in [7, 11) is 0. The Balaban J connectivity index is 1.57. The van der Waals surface area contributed by atoms with Gasteiger partial charge in [0.05, 0.1) is 24.6 Å². The molecule has 0 unspecified atom stereocenters. The standard InChI is InChI=1S/C25H30F5N5O3/c26-24(27)11-5-12-34(15-24)13-10-16(14-20(36)37)31-23(38)21-32-22(35(33-21)17-6-1-2-7-17)18-8-3-4-9-19(18)25(28,29)30/h3-4,8-9,16-17H,1-2,5-7,10-15H2,(H,31,38)(H,36,37)/t16-/m0/s1. The molecule has 2 aromatic rings. The lowest BCUT2D eigenvalue weighted by Gasteiger charge is -2.33. The summed E-state index contributed by atoms with van der Waals surface area (Å²) in [5.41, 5.74) is -1.10. The van der Waals surface area contributed by atoms with Crippen LogP contribution in [0.4, 0.5) is 22.0 Å². The Bertz CT molecular complexity index is 1150. The number of nitrogens with zero attached hydrogens (tertiary/aromatic N) is 4. The van der Waals surface area contributed by atoms with Crippen molar-refractivity contribution >= 4 is 11.9 Å². The Morgan fingerprint density at radius 1 is 1.16 bits per heavy atom. The van der Waals surface area contributed by atoms with Gasteiger partial charge in [0.15, 0.2) is 5.82 Å². The van der Waals surface area contributed by atoms with Crippen LogP contribution in [-0.2, 0) is 11.0 Å². The number of carboxylic acid groups (broad SMARTS) is 1. The molecule has 1 aromatic heterocycles. The molecule has 13 heteroatoms. The number of carbonyl (C=O) groups is 2. The van der Waals surface area contributed by atoms with E-state index in [4.69, 9.17) is 0 Å². The zero-order valence-electron chi connectivity index (χ0n) is 20.7. The third kappa shape index (κ3) is 6.86. The van der Waals surface area contributed by atoms with E-state index in [1.165, 1.54) is 27.8 Å². The topological polar surface area (TPSA) is 100 Å². The van der Waals surface area contributed by atoms with Crippen molar-refractivity contribution in [3.05, 3.63) is 35.7 Å². The zero-order valence-corrected chi connectivity index (χ0v) is 20.7. The molecule has 1 aliphatic heterocycles. The van der Waals surface area contributed by atoms with Gasteiger partial charge < -0.3 is 10.4 Å². The van der Waals surface area contributed by atoms with Crippen LogP contribution in [0.3, 0.4) is 0 Å². The van der Waals surface area contributed by atoms with E-state index in [1.54, 1.807) is 0 Å². The van der Waals surface area contributed by atoms with E-state index in [0.717, 1.165) is 18.9 Å². The molecule has 2 heterocycles. The monoisotopic (exact) mass is 543 g/mol. The summed E-state index contributed by atoms with van der Waals surface area (Å²) in [6.45, 7) is 0.163. The Kier molecular flexibility index (Phi) is 8.34. The minimum absolute atomic E-state index is 0.0830. The van der Waals surface area contributed by atoms with Crippen LogP contribution in [0.25, 0.3) is 11.4 Å². The summed E-state index contributed by atoms with van der Waals surface area (Å²) in [5, 5.41) is 16.1. The molecule has 0 radical (unpaired) electrons. The summed E-state index contributed by atoms with van der Waals surface area (Å²) in [6, 6.07) is 3.81. The summed E-state index contributed by atoms with van der Waals surface area (Å²) in [5.74, 6) is -5.29. The Morgan fingerprint density at radius 3 is 2.53 bits per heavy atom. The Hall–Kier alpha value is -3.09. The molecule has 1 amide bonds. The van der Waals surface area contributed by atoms with E-state index in [9.17, 15) is 36.6 Å². The third-order valence-corrected chi connectivity index (χ3v) is 7.00. The summed E-state index contributed by atoms with van der Waals surface area (Å²) >= 11 is 0. The molecular weight excluding hydrogens is 513 g/mol.